The SMILES string of the molecule is O=C(Cc1ccc([N+](=O)[O-])cc1)NCC1(CO)CC1. The van der Waals surface area contributed by atoms with E-state index in [1.54, 1.807) is 12.1 Å². The maximum atomic E-state index is 11.7. The number of amides is 1. The van der Waals surface area contributed by atoms with Gasteiger partial charge in [-0.05, 0) is 18.4 Å². The van der Waals surface area contributed by atoms with E-state index in [1.165, 1.54) is 12.1 Å². The lowest BCUT2D eigenvalue weighted by Gasteiger charge is -2.12. The molecule has 0 aromatic heterocycles. The van der Waals surface area contributed by atoms with Crippen molar-refractivity contribution in [3.63, 3.8) is 0 Å². The van der Waals surface area contributed by atoms with Crippen molar-refractivity contribution in [2.45, 2.75) is 19.3 Å². The Bertz CT molecular complexity index is 480. The minimum absolute atomic E-state index is 0.0152. The highest BCUT2D eigenvalue weighted by Gasteiger charge is 2.41. The van der Waals surface area contributed by atoms with Crippen LogP contribution in [0.1, 0.15) is 18.4 Å². The van der Waals surface area contributed by atoms with Crippen molar-refractivity contribution in [1.82, 2.24) is 5.32 Å². The number of aliphatic hydroxyl groups excluding tert-OH is 1. The van der Waals surface area contributed by atoms with Gasteiger partial charge in [0.15, 0.2) is 0 Å². The van der Waals surface area contributed by atoms with Gasteiger partial charge in [0.05, 0.1) is 18.0 Å². The van der Waals surface area contributed by atoms with Crippen LogP contribution in [0.2, 0.25) is 0 Å². The van der Waals surface area contributed by atoms with Gasteiger partial charge in [0, 0.05) is 24.1 Å². The number of carbonyl (C=O) groups excluding carboxylic acids is 1. The van der Waals surface area contributed by atoms with Crippen molar-refractivity contribution in [2.75, 3.05) is 13.2 Å². The summed E-state index contributed by atoms with van der Waals surface area (Å²) in [5.41, 5.74) is 0.642. The van der Waals surface area contributed by atoms with Crippen molar-refractivity contribution in [1.29, 1.82) is 0 Å². The lowest BCUT2D eigenvalue weighted by Crippen LogP contribution is -2.32. The molecule has 1 aromatic rings. The Balaban J connectivity index is 1.83. The number of nitrogens with one attached hydrogen (secondary N) is 1. The fourth-order valence-corrected chi connectivity index (χ4v) is 1.84. The molecular weight excluding hydrogens is 248 g/mol. The Hall–Kier alpha value is -1.95. The molecule has 1 amide bonds. The Labute approximate surface area is 110 Å². The first-order valence-electron chi connectivity index (χ1n) is 6.16. The number of nitrogens with zero attached hydrogens (tertiary/aromatic N) is 1. The smallest absolute Gasteiger partial charge is 0.269 e. The number of hydrogen-bond donors (Lipinski definition) is 2. The molecule has 6 nitrogen and oxygen atoms in total. The van der Waals surface area contributed by atoms with Crippen LogP contribution in [0.25, 0.3) is 0 Å². The second-order valence-corrected chi connectivity index (χ2v) is 5.04. The summed E-state index contributed by atoms with van der Waals surface area (Å²) in [5.74, 6) is -0.131. The molecule has 0 aliphatic heterocycles. The highest BCUT2D eigenvalue weighted by Crippen LogP contribution is 2.44. The highest BCUT2D eigenvalue weighted by molar-refractivity contribution is 5.78. The van der Waals surface area contributed by atoms with Crippen LogP contribution in [-0.4, -0.2) is 29.1 Å². The molecule has 0 unspecified atom stereocenters. The summed E-state index contributed by atoms with van der Waals surface area (Å²) in [6, 6.07) is 5.94. The molecule has 2 rings (SSSR count). The van der Waals surface area contributed by atoms with Gasteiger partial charge in [-0.2, -0.15) is 0 Å². The van der Waals surface area contributed by atoms with Gasteiger partial charge in [0.25, 0.3) is 5.69 Å². The van der Waals surface area contributed by atoms with Gasteiger partial charge in [-0.15, -0.1) is 0 Å². The fraction of sp³-hybridized carbons (Fsp3) is 0.462. The molecule has 2 N–H and O–H groups in total. The van der Waals surface area contributed by atoms with Crippen LogP contribution in [0.15, 0.2) is 24.3 Å². The summed E-state index contributed by atoms with van der Waals surface area (Å²) in [7, 11) is 0. The van der Waals surface area contributed by atoms with Crippen LogP contribution in [0, 0.1) is 15.5 Å². The normalized spacial score (nSPS) is 15.8. The maximum Gasteiger partial charge on any atom is 0.269 e. The predicted molar refractivity (Wildman–Crippen MR) is 68.6 cm³/mol. The first-order valence-corrected chi connectivity index (χ1v) is 6.16. The van der Waals surface area contributed by atoms with E-state index in [4.69, 9.17) is 5.11 Å². The zero-order valence-corrected chi connectivity index (χ0v) is 10.5. The van der Waals surface area contributed by atoms with Gasteiger partial charge < -0.3 is 10.4 Å². The molecule has 1 fully saturated rings. The Morgan fingerprint density at radius 3 is 2.47 bits per heavy atom. The summed E-state index contributed by atoms with van der Waals surface area (Å²) in [5, 5.41) is 22.4. The number of non-ortho nitro benzene ring substituents is 1. The van der Waals surface area contributed by atoms with Crippen molar-refractivity contribution in [3.05, 3.63) is 39.9 Å². The van der Waals surface area contributed by atoms with Gasteiger partial charge in [-0.25, -0.2) is 0 Å². The standard InChI is InChI=1S/C13H16N2O4/c16-9-13(5-6-13)8-14-12(17)7-10-1-3-11(4-2-10)15(18)19/h1-4,16H,5-9H2,(H,14,17). The molecule has 19 heavy (non-hydrogen) atoms. The van der Waals surface area contributed by atoms with E-state index in [1.807, 2.05) is 0 Å². The molecule has 0 saturated heterocycles. The van der Waals surface area contributed by atoms with Gasteiger partial charge in [0.1, 0.15) is 0 Å². The Morgan fingerprint density at radius 1 is 1.37 bits per heavy atom. The topological polar surface area (TPSA) is 92.5 Å². The molecule has 1 aliphatic rings. The second kappa shape index (κ2) is 5.36. The zero-order chi connectivity index (χ0) is 13.9. The quantitative estimate of drug-likeness (QED) is 0.592. The van der Waals surface area contributed by atoms with Gasteiger partial charge in [0.2, 0.25) is 5.91 Å². The molecule has 1 aliphatic carbocycles. The third-order valence-corrected chi connectivity index (χ3v) is 3.46. The van der Waals surface area contributed by atoms with E-state index < -0.39 is 4.92 Å². The van der Waals surface area contributed by atoms with E-state index in [2.05, 4.69) is 5.32 Å². The third-order valence-electron chi connectivity index (χ3n) is 3.46. The van der Waals surface area contributed by atoms with Crippen LogP contribution in [0.5, 0.6) is 0 Å². The summed E-state index contributed by atoms with van der Waals surface area (Å²) in [6.45, 7) is 0.597. The van der Waals surface area contributed by atoms with Crippen molar-refractivity contribution >= 4 is 11.6 Å². The number of carbonyl (C=O) groups is 1. The zero-order valence-electron chi connectivity index (χ0n) is 10.5. The molecule has 1 saturated carbocycles. The average molecular weight is 264 g/mol. The molecule has 0 heterocycles. The molecule has 0 spiro atoms. The van der Waals surface area contributed by atoms with Crippen LogP contribution in [0.3, 0.4) is 0 Å². The maximum absolute atomic E-state index is 11.7. The average Bonchev–Trinajstić information content (AvgIpc) is 3.18. The summed E-state index contributed by atoms with van der Waals surface area (Å²) in [4.78, 5) is 21.7. The van der Waals surface area contributed by atoms with E-state index in [0.717, 1.165) is 18.4 Å². The van der Waals surface area contributed by atoms with Gasteiger partial charge in [-0.3, -0.25) is 14.9 Å². The van der Waals surface area contributed by atoms with E-state index in [-0.39, 0.29) is 30.0 Å². The van der Waals surface area contributed by atoms with Crippen LogP contribution in [0.4, 0.5) is 5.69 Å². The number of nitro groups is 1. The molecule has 0 bridgehead atoms. The van der Waals surface area contributed by atoms with E-state index in [0.29, 0.717) is 6.54 Å². The largest absolute Gasteiger partial charge is 0.396 e. The number of rotatable bonds is 6. The molecule has 6 heteroatoms. The van der Waals surface area contributed by atoms with Crippen molar-refractivity contribution in [2.24, 2.45) is 5.41 Å². The highest BCUT2D eigenvalue weighted by atomic mass is 16.6. The molecule has 1 aromatic carbocycles. The first-order chi connectivity index (χ1) is 9.04. The lowest BCUT2D eigenvalue weighted by atomic mass is 10.1. The van der Waals surface area contributed by atoms with E-state index >= 15 is 0 Å². The minimum Gasteiger partial charge on any atom is -0.396 e. The lowest BCUT2D eigenvalue weighted by molar-refractivity contribution is -0.384. The molecule has 102 valence electrons. The third kappa shape index (κ3) is 3.51. The first kappa shape index (κ1) is 13.5. The molecule has 0 radical (unpaired) electrons. The number of aliphatic hydroxyl groups is 1. The van der Waals surface area contributed by atoms with E-state index in [9.17, 15) is 14.9 Å². The van der Waals surface area contributed by atoms with Crippen molar-refractivity contribution in [3.8, 4) is 0 Å². The van der Waals surface area contributed by atoms with Crippen LogP contribution >= 0.6 is 0 Å². The van der Waals surface area contributed by atoms with Gasteiger partial charge in [-0.1, -0.05) is 12.1 Å². The molecule has 0 atom stereocenters. The summed E-state index contributed by atoms with van der Waals surface area (Å²) >= 11 is 0. The summed E-state index contributed by atoms with van der Waals surface area (Å²) < 4.78 is 0. The van der Waals surface area contributed by atoms with Crippen molar-refractivity contribution < 1.29 is 14.8 Å². The molecular formula is C13H16N2O4. The summed E-state index contributed by atoms with van der Waals surface area (Å²) in [6.07, 6.45) is 2.09. The van der Waals surface area contributed by atoms with Crippen LogP contribution < -0.4 is 5.32 Å². The number of hydrogen-bond acceptors (Lipinski definition) is 4. The fourth-order valence-electron chi connectivity index (χ4n) is 1.84. The number of benzene rings is 1. The minimum atomic E-state index is -0.470. The van der Waals surface area contributed by atoms with Crippen LogP contribution in [-0.2, 0) is 11.2 Å². The Kier molecular flexibility index (Phi) is 3.80. The van der Waals surface area contributed by atoms with Gasteiger partial charge >= 0.3 is 0 Å². The predicted octanol–water partition coefficient (Wildman–Crippen LogP) is 1.03. The number of nitro benzene ring substituents is 1. The Morgan fingerprint density at radius 2 is 2.00 bits per heavy atom. The monoisotopic (exact) mass is 264 g/mol. The second-order valence-electron chi connectivity index (χ2n) is 5.04.